The maximum Gasteiger partial charge on any atom is 0.222 e. The molecule has 0 saturated heterocycles. The Hall–Kier alpha value is -1.92. The zero-order valence-corrected chi connectivity index (χ0v) is 12.1. The van der Waals surface area contributed by atoms with E-state index >= 15 is 0 Å². The summed E-state index contributed by atoms with van der Waals surface area (Å²) in [5.74, 6) is 1.44. The number of pyridine rings is 1. The minimum atomic E-state index is 0.679. The van der Waals surface area contributed by atoms with Crippen molar-refractivity contribution in [1.29, 1.82) is 0 Å². The van der Waals surface area contributed by atoms with E-state index in [0.29, 0.717) is 18.9 Å². The fraction of sp³-hybridized carbons (Fsp3) is 0.429. The van der Waals surface area contributed by atoms with Crippen molar-refractivity contribution in [3.63, 3.8) is 0 Å². The van der Waals surface area contributed by atoms with Gasteiger partial charge in [-0.3, -0.25) is 4.98 Å². The molecule has 0 bridgehead atoms. The van der Waals surface area contributed by atoms with E-state index in [-0.39, 0.29) is 0 Å². The maximum absolute atomic E-state index is 5.88. The number of ether oxygens (including phenoxy) is 2. The number of aryl methyl sites for hydroxylation is 2. The van der Waals surface area contributed by atoms with Gasteiger partial charge in [-0.1, -0.05) is 0 Å². The third-order valence-corrected chi connectivity index (χ3v) is 2.92. The Labute approximate surface area is 118 Å². The third kappa shape index (κ3) is 3.55. The van der Waals surface area contributed by atoms with Gasteiger partial charge < -0.3 is 14.8 Å². The van der Waals surface area contributed by atoms with Gasteiger partial charge in [-0.2, -0.15) is 5.10 Å². The molecular formula is C14H20N4O2. The minimum absolute atomic E-state index is 0.679. The molecule has 0 amide bonds. The highest BCUT2D eigenvalue weighted by atomic mass is 16.5. The van der Waals surface area contributed by atoms with E-state index in [0.717, 1.165) is 23.7 Å². The number of nitrogens with one attached hydrogen (secondary N) is 1. The first-order valence-electron chi connectivity index (χ1n) is 6.52. The molecule has 1 N–H and O–H groups in total. The van der Waals surface area contributed by atoms with E-state index in [1.165, 1.54) is 0 Å². The quantitative estimate of drug-likeness (QED) is 0.779. The van der Waals surface area contributed by atoms with E-state index in [1.807, 2.05) is 26.1 Å². The van der Waals surface area contributed by atoms with Gasteiger partial charge in [0.15, 0.2) is 0 Å². The van der Waals surface area contributed by atoms with Crippen LogP contribution in [0.25, 0.3) is 0 Å². The number of rotatable bonds is 7. The van der Waals surface area contributed by atoms with Gasteiger partial charge in [-0.25, -0.2) is 4.68 Å². The van der Waals surface area contributed by atoms with Gasteiger partial charge in [0.2, 0.25) is 5.88 Å². The van der Waals surface area contributed by atoms with Crippen LogP contribution in [0.5, 0.6) is 11.6 Å². The van der Waals surface area contributed by atoms with Crippen LogP contribution in [0.1, 0.15) is 11.3 Å². The molecule has 0 saturated carbocycles. The van der Waals surface area contributed by atoms with E-state index < -0.39 is 0 Å². The predicted molar refractivity (Wildman–Crippen MR) is 75.8 cm³/mol. The van der Waals surface area contributed by atoms with Gasteiger partial charge in [-0.15, -0.1) is 0 Å². The molecule has 2 heterocycles. The Bertz CT molecular complexity index is 540. The number of hydrogen-bond acceptors (Lipinski definition) is 5. The standard InChI is InChI=1S/C14H20N4O2/c1-11-13(10-16-7-8-19-3)14(18(2)17-11)20-12-5-4-6-15-9-12/h4-6,9,16H,7-8,10H2,1-3H3. The van der Waals surface area contributed by atoms with Crippen LogP contribution in [0, 0.1) is 6.92 Å². The van der Waals surface area contributed by atoms with Crippen LogP contribution in [0.4, 0.5) is 0 Å². The van der Waals surface area contributed by atoms with Crippen molar-refractivity contribution in [2.75, 3.05) is 20.3 Å². The average molecular weight is 276 g/mol. The first kappa shape index (κ1) is 14.5. The van der Waals surface area contributed by atoms with E-state index in [4.69, 9.17) is 9.47 Å². The number of nitrogens with zero attached hydrogens (tertiary/aromatic N) is 3. The van der Waals surface area contributed by atoms with E-state index in [1.54, 1.807) is 24.2 Å². The lowest BCUT2D eigenvalue weighted by molar-refractivity contribution is 0.199. The minimum Gasteiger partial charge on any atom is -0.437 e. The Balaban J connectivity index is 2.11. The van der Waals surface area contributed by atoms with Gasteiger partial charge in [-0.05, 0) is 19.1 Å². The molecule has 2 rings (SSSR count). The SMILES string of the molecule is COCCNCc1c(C)nn(C)c1Oc1cccnc1. The van der Waals surface area contributed by atoms with Crippen LogP contribution in [0.3, 0.4) is 0 Å². The van der Waals surface area contributed by atoms with Crippen molar-refractivity contribution in [1.82, 2.24) is 20.1 Å². The summed E-state index contributed by atoms with van der Waals surface area (Å²) in [4.78, 5) is 4.05. The fourth-order valence-electron chi connectivity index (χ4n) is 1.92. The Morgan fingerprint density at radius 3 is 2.95 bits per heavy atom. The highest BCUT2D eigenvalue weighted by Crippen LogP contribution is 2.26. The summed E-state index contributed by atoms with van der Waals surface area (Å²) in [6.07, 6.45) is 3.40. The molecule has 20 heavy (non-hydrogen) atoms. The largest absolute Gasteiger partial charge is 0.437 e. The van der Waals surface area contributed by atoms with Crippen LogP contribution in [-0.4, -0.2) is 35.0 Å². The Kier molecular flexibility index (Phi) is 5.09. The van der Waals surface area contributed by atoms with Crippen LogP contribution in [0.2, 0.25) is 0 Å². The van der Waals surface area contributed by atoms with Crippen molar-refractivity contribution in [3.8, 4) is 11.6 Å². The topological polar surface area (TPSA) is 61.2 Å². The van der Waals surface area contributed by atoms with Crippen LogP contribution < -0.4 is 10.1 Å². The Morgan fingerprint density at radius 1 is 1.40 bits per heavy atom. The van der Waals surface area contributed by atoms with E-state index in [2.05, 4.69) is 15.4 Å². The lowest BCUT2D eigenvalue weighted by atomic mass is 10.2. The molecule has 0 aromatic carbocycles. The molecule has 0 aliphatic rings. The second-order valence-corrected chi connectivity index (χ2v) is 4.45. The molecule has 6 heteroatoms. The van der Waals surface area contributed by atoms with Crippen LogP contribution >= 0.6 is 0 Å². The molecule has 0 radical (unpaired) electrons. The smallest absolute Gasteiger partial charge is 0.222 e. The number of hydrogen-bond donors (Lipinski definition) is 1. The van der Waals surface area contributed by atoms with Crippen molar-refractivity contribution < 1.29 is 9.47 Å². The zero-order chi connectivity index (χ0) is 14.4. The molecule has 0 fully saturated rings. The molecule has 0 spiro atoms. The van der Waals surface area contributed by atoms with Crippen molar-refractivity contribution in [3.05, 3.63) is 35.8 Å². The van der Waals surface area contributed by atoms with Crippen molar-refractivity contribution in [2.24, 2.45) is 7.05 Å². The first-order valence-corrected chi connectivity index (χ1v) is 6.52. The van der Waals surface area contributed by atoms with Gasteiger partial charge >= 0.3 is 0 Å². The van der Waals surface area contributed by atoms with Gasteiger partial charge in [0.1, 0.15) is 5.75 Å². The van der Waals surface area contributed by atoms with E-state index in [9.17, 15) is 0 Å². The lowest BCUT2D eigenvalue weighted by Crippen LogP contribution is -2.19. The first-order chi connectivity index (χ1) is 9.72. The summed E-state index contributed by atoms with van der Waals surface area (Å²) in [7, 11) is 3.56. The summed E-state index contributed by atoms with van der Waals surface area (Å²) in [5, 5.41) is 7.72. The summed E-state index contributed by atoms with van der Waals surface area (Å²) < 4.78 is 12.6. The molecule has 0 aliphatic carbocycles. The highest BCUT2D eigenvalue weighted by molar-refractivity contribution is 5.34. The van der Waals surface area contributed by atoms with Crippen LogP contribution in [-0.2, 0) is 18.3 Å². The monoisotopic (exact) mass is 276 g/mol. The molecule has 0 atom stereocenters. The maximum atomic E-state index is 5.88. The number of aromatic nitrogens is 3. The lowest BCUT2D eigenvalue weighted by Gasteiger charge is -2.09. The third-order valence-electron chi connectivity index (χ3n) is 2.92. The van der Waals surface area contributed by atoms with Crippen LogP contribution in [0.15, 0.2) is 24.5 Å². The van der Waals surface area contributed by atoms with Crippen molar-refractivity contribution in [2.45, 2.75) is 13.5 Å². The number of methoxy groups -OCH3 is 1. The van der Waals surface area contributed by atoms with Gasteiger partial charge in [0, 0.05) is 33.4 Å². The molecule has 2 aromatic heterocycles. The normalized spacial score (nSPS) is 10.8. The van der Waals surface area contributed by atoms with Gasteiger partial charge in [0.25, 0.3) is 0 Å². The van der Waals surface area contributed by atoms with Gasteiger partial charge in [0.05, 0.1) is 24.1 Å². The summed E-state index contributed by atoms with van der Waals surface area (Å²) in [6, 6.07) is 3.71. The molecule has 0 unspecified atom stereocenters. The summed E-state index contributed by atoms with van der Waals surface area (Å²) >= 11 is 0. The molecule has 108 valence electrons. The highest BCUT2D eigenvalue weighted by Gasteiger charge is 2.15. The predicted octanol–water partition coefficient (Wildman–Crippen LogP) is 1.65. The summed E-state index contributed by atoms with van der Waals surface area (Å²) in [6.45, 7) is 4.14. The second-order valence-electron chi connectivity index (χ2n) is 4.45. The molecule has 2 aromatic rings. The summed E-state index contributed by atoms with van der Waals surface area (Å²) in [5.41, 5.74) is 2.00. The Morgan fingerprint density at radius 2 is 2.25 bits per heavy atom. The molecule has 6 nitrogen and oxygen atoms in total. The molecule has 0 aliphatic heterocycles. The average Bonchev–Trinajstić information content (AvgIpc) is 2.71. The second kappa shape index (κ2) is 7.02. The fourth-order valence-corrected chi connectivity index (χ4v) is 1.92. The zero-order valence-electron chi connectivity index (χ0n) is 12.1. The molecular weight excluding hydrogens is 256 g/mol. The van der Waals surface area contributed by atoms with Crippen molar-refractivity contribution >= 4 is 0 Å².